The number of nitrogens with zero attached hydrogens (tertiary/aromatic N) is 2. The number of amides is 2. The normalized spacial score (nSPS) is 18.1. The van der Waals surface area contributed by atoms with Crippen molar-refractivity contribution in [2.75, 3.05) is 38.6 Å². The zero-order valence-corrected chi connectivity index (χ0v) is 13.0. The maximum Gasteiger partial charge on any atom is 0.227 e. The molecule has 2 amide bonds. The van der Waals surface area contributed by atoms with Crippen molar-refractivity contribution in [3.8, 4) is 0 Å². The molecule has 1 atom stereocenters. The van der Waals surface area contributed by atoms with Crippen molar-refractivity contribution < 1.29 is 14.0 Å². The average Bonchev–Trinajstić information content (AvgIpc) is 2.86. The molecule has 1 saturated heterocycles. The molecule has 0 aromatic heterocycles. The minimum atomic E-state index is -0.342. The molecule has 1 unspecified atom stereocenters. The van der Waals surface area contributed by atoms with E-state index in [4.69, 9.17) is 0 Å². The maximum absolute atomic E-state index is 12.9. The van der Waals surface area contributed by atoms with Crippen molar-refractivity contribution >= 4 is 17.5 Å². The summed E-state index contributed by atoms with van der Waals surface area (Å²) in [4.78, 5) is 27.7. The summed E-state index contributed by atoms with van der Waals surface area (Å²) in [6.07, 6.45) is 1.08. The average molecular weight is 307 g/mol. The van der Waals surface area contributed by atoms with Crippen molar-refractivity contribution in [2.24, 2.45) is 5.92 Å². The van der Waals surface area contributed by atoms with Crippen molar-refractivity contribution in [1.82, 2.24) is 10.2 Å². The number of anilines is 1. The van der Waals surface area contributed by atoms with Gasteiger partial charge in [0.05, 0.1) is 5.92 Å². The van der Waals surface area contributed by atoms with Crippen LogP contribution in [0.3, 0.4) is 0 Å². The molecular formula is C16H22FN3O2. The summed E-state index contributed by atoms with van der Waals surface area (Å²) in [7, 11) is 3.97. The Labute approximate surface area is 130 Å². The van der Waals surface area contributed by atoms with Gasteiger partial charge >= 0.3 is 0 Å². The number of carbonyl (C=O) groups excluding carboxylic acids is 2. The van der Waals surface area contributed by atoms with E-state index >= 15 is 0 Å². The lowest BCUT2D eigenvalue weighted by atomic mass is 10.1. The van der Waals surface area contributed by atoms with Gasteiger partial charge in [-0.05, 0) is 51.3 Å². The van der Waals surface area contributed by atoms with E-state index in [0.29, 0.717) is 18.8 Å². The van der Waals surface area contributed by atoms with Gasteiger partial charge in [-0.2, -0.15) is 0 Å². The fourth-order valence-corrected chi connectivity index (χ4v) is 2.50. The van der Waals surface area contributed by atoms with Gasteiger partial charge in [-0.1, -0.05) is 0 Å². The third-order valence-electron chi connectivity index (χ3n) is 3.72. The third kappa shape index (κ3) is 4.27. The highest BCUT2D eigenvalue weighted by Gasteiger charge is 2.34. The Morgan fingerprint density at radius 3 is 2.68 bits per heavy atom. The van der Waals surface area contributed by atoms with Crippen LogP contribution in [0.1, 0.15) is 12.8 Å². The number of hydrogen-bond donors (Lipinski definition) is 1. The lowest BCUT2D eigenvalue weighted by molar-refractivity contribution is -0.126. The van der Waals surface area contributed by atoms with Crippen molar-refractivity contribution in [2.45, 2.75) is 12.8 Å². The maximum atomic E-state index is 12.9. The molecule has 1 aliphatic rings. The summed E-state index contributed by atoms with van der Waals surface area (Å²) in [5.41, 5.74) is 0.634. The van der Waals surface area contributed by atoms with Gasteiger partial charge in [0, 0.05) is 25.2 Å². The Morgan fingerprint density at radius 1 is 1.36 bits per heavy atom. The Hall–Kier alpha value is -1.95. The molecule has 1 aromatic carbocycles. The van der Waals surface area contributed by atoms with E-state index in [1.54, 1.807) is 17.0 Å². The Balaban J connectivity index is 1.86. The minimum absolute atomic E-state index is 0.0864. The molecule has 0 bridgehead atoms. The van der Waals surface area contributed by atoms with Crippen LogP contribution in [0.15, 0.2) is 24.3 Å². The van der Waals surface area contributed by atoms with Crippen LogP contribution >= 0.6 is 0 Å². The van der Waals surface area contributed by atoms with Crippen LogP contribution < -0.4 is 10.2 Å². The Morgan fingerprint density at radius 2 is 2.05 bits per heavy atom. The minimum Gasteiger partial charge on any atom is -0.356 e. The van der Waals surface area contributed by atoms with Crippen molar-refractivity contribution in [3.63, 3.8) is 0 Å². The number of nitrogens with one attached hydrogen (secondary N) is 1. The highest BCUT2D eigenvalue weighted by atomic mass is 19.1. The lowest BCUT2D eigenvalue weighted by Gasteiger charge is -2.16. The van der Waals surface area contributed by atoms with E-state index in [2.05, 4.69) is 10.2 Å². The SMILES string of the molecule is CN(C)CCCNC(=O)C1CC(=O)N(c2ccc(F)cc2)C1. The van der Waals surface area contributed by atoms with E-state index in [9.17, 15) is 14.0 Å². The molecule has 6 heteroatoms. The van der Waals surface area contributed by atoms with Crippen LogP contribution in [0.2, 0.25) is 0 Å². The second-order valence-corrected chi connectivity index (χ2v) is 5.83. The smallest absolute Gasteiger partial charge is 0.227 e. The first kappa shape index (κ1) is 16.4. The molecular weight excluding hydrogens is 285 g/mol. The summed E-state index contributed by atoms with van der Waals surface area (Å²) in [5.74, 6) is -0.862. The monoisotopic (exact) mass is 307 g/mol. The largest absolute Gasteiger partial charge is 0.356 e. The summed E-state index contributed by atoms with van der Waals surface area (Å²) in [6.45, 7) is 1.87. The zero-order valence-electron chi connectivity index (χ0n) is 13.0. The summed E-state index contributed by atoms with van der Waals surface area (Å²) >= 11 is 0. The molecule has 22 heavy (non-hydrogen) atoms. The van der Waals surface area contributed by atoms with E-state index in [-0.39, 0.29) is 30.0 Å². The van der Waals surface area contributed by atoms with E-state index < -0.39 is 0 Å². The molecule has 120 valence electrons. The second-order valence-electron chi connectivity index (χ2n) is 5.83. The topological polar surface area (TPSA) is 52.7 Å². The molecule has 0 spiro atoms. The Bertz CT molecular complexity index is 531. The van der Waals surface area contributed by atoms with Crippen molar-refractivity contribution in [3.05, 3.63) is 30.1 Å². The van der Waals surface area contributed by atoms with Crippen LogP contribution in [0.25, 0.3) is 0 Å². The fourth-order valence-electron chi connectivity index (χ4n) is 2.50. The van der Waals surface area contributed by atoms with Crippen molar-refractivity contribution in [1.29, 1.82) is 0 Å². The second kappa shape index (κ2) is 7.35. The van der Waals surface area contributed by atoms with Crippen LogP contribution in [0.5, 0.6) is 0 Å². The summed E-state index contributed by atoms with van der Waals surface area (Å²) in [5, 5.41) is 2.88. The number of carbonyl (C=O) groups is 2. The fraction of sp³-hybridized carbons (Fsp3) is 0.500. The molecule has 0 saturated carbocycles. The third-order valence-corrected chi connectivity index (χ3v) is 3.72. The van der Waals surface area contributed by atoms with Gasteiger partial charge in [-0.15, -0.1) is 0 Å². The molecule has 2 rings (SSSR count). The first-order valence-electron chi connectivity index (χ1n) is 7.45. The predicted octanol–water partition coefficient (Wildman–Crippen LogP) is 1.25. The molecule has 5 nitrogen and oxygen atoms in total. The van der Waals surface area contributed by atoms with Gasteiger partial charge in [-0.3, -0.25) is 9.59 Å². The van der Waals surface area contributed by atoms with Gasteiger partial charge in [0.1, 0.15) is 5.82 Å². The lowest BCUT2D eigenvalue weighted by Crippen LogP contribution is -2.34. The summed E-state index contributed by atoms with van der Waals surface area (Å²) < 4.78 is 12.9. The number of hydrogen-bond acceptors (Lipinski definition) is 3. The van der Waals surface area contributed by atoms with E-state index in [1.165, 1.54) is 12.1 Å². The molecule has 1 fully saturated rings. The first-order valence-corrected chi connectivity index (χ1v) is 7.45. The summed E-state index contributed by atoms with van der Waals surface area (Å²) in [6, 6.07) is 5.75. The highest BCUT2D eigenvalue weighted by Crippen LogP contribution is 2.25. The predicted molar refractivity (Wildman–Crippen MR) is 83.0 cm³/mol. The Kier molecular flexibility index (Phi) is 5.49. The van der Waals surface area contributed by atoms with Crippen LogP contribution in [-0.4, -0.2) is 50.4 Å². The van der Waals surface area contributed by atoms with E-state index in [1.807, 2.05) is 14.1 Å². The molecule has 0 radical (unpaired) electrons. The van der Waals surface area contributed by atoms with Gasteiger partial charge < -0.3 is 15.1 Å². The standard InChI is InChI=1S/C16H22FN3O2/c1-19(2)9-3-8-18-16(22)12-10-15(21)20(11-12)14-6-4-13(17)5-7-14/h4-7,12H,3,8-11H2,1-2H3,(H,18,22). The highest BCUT2D eigenvalue weighted by molar-refractivity contribution is 6.00. The van der Waals surface area contributed by atoms with Crippen LogP contribution in [0.4, 0.5) is 10.1 Å². The molecule has 1 aliphatic heterocycles. The zero-order chi connectivity index (χ0) is 16.1. The van der Waals surface area contributed by atoms with Gasteiger partial charge in [0.25, 0.3) is 0 Å². The first-order chi connectivity index (χ1) is 10.5. The van der Waals surface area contributed by atoms with E-state index in [0.717, 1.165) is 13.0 Å². The molecule has 1 N–H and O–H groups in total. The van der Waals surface area contributed by atoms with Gasteiger partial charge in [-0.25, -0.2) is 4.39 Å². The quantitative estimate of drug-likeness (QED) is 0.805. The molecule has 1 heterocycles. The molecule has 0 aliphatic carbocycles. The van der Waals surface area contributed by atoms with Crippen LogP contribution in [-0.2, 0) is 9.59 Å². The number of benzene rings is 1. The molecule has 1 aromatic rings. The van der Waals surface area contributed by atoms with Gasteiger partial charge in [0.15, 0.2) is 0 Å². The number of halogens is 1. The van der Waals surface area contributed by atoms with Gasteiger partial charge in [0.2, 0.25) is 11.8 Å². The number of rotatable bonds is 6. The van der Waals surface area contributed by atoms with Crippen LogP contribution in [0, 0.1) is 11.7 Å².